The average Bonchev–Trinajstić information content (AvgIpc) is 2.30. The first-order valence-corrected chi connectivity index (χ1v) is 6.53. The average molecular weight is 222 g/mol. The first kappa shape index (κ1) is 9.64. The van der Waals surface area contributed by atoms with Crippen molar-refractivity contribution >= 4 is 29.1 Å². The first-order chi connectivity index (χ1) is 6.88. The van der Waals surface area contributed by atoms with Gasteiger partial charge in [-0.25, -0.2) is 0 Å². The molecule has 3 heteroatoms. The van der Waals surface area contributed by atoms with Gasteiger partial charge in [-0.15, -0.1) is 0 Å². The smallest absolute Gasteiger partial charge is 0.0539 e. The fourth-order valence-electron chi connectivity index (χ4n) is 1.18. The van der Waals surface area contributed by atoms with E-state index in [2.05, 4.69) is 4.98 Å². The number of pyridine rings is 1. The molecule has 0 saturated heterocycles. The number of aromatic nitrogens is 1. The molecule has 1 aromatic heterocycles. The lowest BCUT2D eigenvalue weighted by Gasteiger charge is -2.08. The van der Waals surface area contributed by atoms with E-state index in [-0.39, 0.29) is 0 Å². The van der Waals surface area contributed by atoms with Crippen LogP contribution in [0.15, 0.2) is 54.9 Å². The topological polar surface area (TPSA) is 12.9 Å². The summed E-state index contributed by atoms with van der Waals surface area (Å²) in [6.07, 6.45) is 3.58. The molecule has 1 nitrogen and oxygen atoms in total. The van der Waals surface area contributed by atoms with Crippen LogP contribution >= 0.6 is 18.5 Å². The number of benzene rings is 1. The fraction of sp³-hybridized carbons (Fsp3) is 0. The lowest BCUT2D eigenvalue weighted by atomic mass is 10.4. The Kier molecular flexibility index (Phi) is 3.13. The maximum absolute atomic E-state index is 6.36. The van der Waals surface area contributed by atoms with Gasteiger partial charge in [0.1, 0.15) is 0 Å². The van der Waals surface area contributed by atoms with Crippen LogP contribution in [0.1, 0.15) is 0 Å². The van der Waals surface area contributed by atoms with Gasteiger partial charge in [0.25, 0.3) is 0 Å². The molecule has 0 fully saturated rings. The van der Waals surface area contributed by atoms with Gasteiger partial charge in [0.05, 0.1) is 7.27 Å². The molecule has 2 rings (SSSR count). The molecule has 0 saturated carbocycles. The zero-order valence-corrected chi connectivity index (χ0v) is 9.12. The molecule has 0 radical (unpaired) electrons. The summed E-state index contributed by atoms with van der Waals surface area (Å²) >= 11 is 6.36. The van der Waals surface area contributed by atoms with Crippen molar-refractivity contribution in [3.05, 3.63) is 54.9 Å². The molecule has 0 N–H and O–H groups in total. The maximum atomic E-state index is 6.36. The van der Waals surface area contributed by atoms with Gasteiger partial charge in [0.15, 0.2) is 0 Å². The molecule has 0 bridgehead atoms. The van der Waals surface area contributed by atoms with Crippen LogP contribution in [0.4, 0.5) is 0 Å². The molecular formula is C11H9ClNP. The van der Waals surface area contributed by atoms with Crippen molar-refractivity contribution in [2.45, 2.75) is 0 Å². The standard InChI is InChI=1S/C11H9ClNP/c12-14(10-5-2-1-3-6-10)11-7-4-8-13-9-11/h1-9H. The number of nitrogens with zero attached hydrogens (tertiary/aromatic N) is 1. The Labute approximate surface area is 89.3 Å². The predicted molar refractivity (Wildman–Crippen MR) is 62.7 cm³/mol. The normalized spacial score (nSPS) is 12.4. The van der Waals surface area contributed by atoms with Crippen LogP contribution in [0.2, 0.25) is 0 Å². The van der Waals surface area contributed by atoms with E-state index in [0.717, 1.165) is 10.6 Å². The van der Waals surface area contributed by atoms with E-state index in [0.29, 0.717) is 0 Å². The summed E-state index contributed by atoms with van der Waals surface area (Å²) in [7, 11) is -0.761. The van der Waals surface area contributed by atoms with Crippen molar-refractivity contribution in [3.8, 4) is 0 Å². The number of rotatable bonds is 2. The number of halogens is 1. The van der Waals surface area contributed by atoms with Crippen LogP contribution in [0, 0.1) is 0 Å². The highest BCUT2D eigenvalue weighted by atomic mass is 35.7. The second kappa shape index (κ2) is 4.54. The highest BCUT2D eigenvalue weighted by Gasteiger charge is 2.09. The molecule has 0 spiro atoms. The summed E-state index contributed by atoms with van der Waals surface area (Å²) in [4.78, 5) is 4.06. The molecule has 2 aromatic rings. The summed E-state index contributed by atoms with van der Waals surface area (Å²) in [6, 6.07) is 14.0. The summed E-state index contributed by atoms with van der Waals surface area (Å²) in [5.74, 6) is 0. The van der Waals surface area contributed by atoms with Crippen molar-refractivity contribution in [1.82, 2.24) is 4.98 Å². The van der Waals surface area contributed by atoms with E-state index in [4.69, 9.17) is 11.2 Å². The summed E-state index contributed by atoms with van der Waals surface area (Å²) in [6.45, 7) is 0. The van der Waals surface area contributed by atoms with Gasteiger partial charge in [0, 0.05) is 17.7 Å². The SMILES string of the molecule is ClP(c1ccccc1)c1cccnc1. The lowest BCUT2D eigenvalue weighted by molar-refractivity contribution is 1.35. The largest absolute Gasteiger partial charge is 0.264 e. The van der Waals surface area contributed by atoms with Gasteiger partial charge in [-0.2, -0.15) is 0 Å². The van der Waals surface area contributed by atoms with Crippen LogP contribution < -0.4 is 10.6 Å². The summed E-state index contributed by atoms with van der Waals surface area (Å²) < 4.78 is 0. The maximum Gasteiger partial charge on any atom is 0.0539 e. The Bertz CT molecular complexity index is 351. The molecule has 1 heterocycles. The minimum Gasteiger partial charge on any atom is -0.264 e. The van der Waals surface area contributed by atoms with Crippen LogP contribution in [-0.2, 0) is 0 Å². The zero-order chi connectivity index (χ0) is 9.80. The Hall–Kier alpha value is -0.910. The number of hydrogen-bond donors (Lipinski definition) is 0. The van der Waals surface area contributed by atoms with Crippen molar-refractivity contribution < 1.29 is 0 Å². The molecule has 0 aliphatic heterocycles. The molecule has 1 atom stereocenters. The van der Waals surface area contributed by atoms with Gasteiger partial charge >= 0.3 is 0 Å². The van der Waals surface area contributed by atoms with E-state index in [9.17, 15) is 0 Å². The van der Waals surface area contributed by atoms with E-state index < -0.39 is 7.27 Å². The highest BCUT2D eigenvalue weighted by Crippen LogP contribution is 2.38. The first-order valence-electron chi connectivity index (χ1n) is 4.29. The quantitative estimate of drug-likeness (QED) is 0.711. The zero-order valence-electron chi connectivity index (χ0n) is 7.47. The van der Waals surface area contributed by atoms with E-state index >= 15 is 0 Å². The van der Waals surface area contributed by atoms with Gasteiger partial charge < -0.3 is 0 Å². The van der Waals surface area contributed by atoms with Gasteiger partial charge in [0.2, 0.25) is 0 Å². The van der Waals surface area contributed by atoms with Crippen molar-refractivity contribution in [2.24, 2.45) is 0 Å². The molecule has 0 amide bonds. The fourth-order valence-corrected chi connectivity index (χ4v) is 2.93. The monoisotopic (exact) mass is 221 g/mol. The third-order valence-corrected chi connectivity index (χ3v) is 4.50. The van der Waals surface area contributed by atoms with Crippen molar-refractivity contribution in [3.63, 3.8) is 0 Å². The van der Waals surface area contributed by atoms with E-state index in [1.165, 1.54) is 0 Å². The molecule has 70 valence electrons. The Balaban J connectivity index is 2.30. The molecule has 1 unspecified atom stereocenters. The summed E-state index contributed by atoms with van der Waals surface area (Å²) in [5.41, 5.74) is 0. The molecule has 0 aliphatic rings. The summed E-state index contributed by atoms with van der Waals surface area (Å²) in [5, 5.41) is 2.26. The minimum atomic E-state index is -0.761. The Morgan fingerprint density at radius 2 is 1.64 bits per heavy atom. The highest BCUT2D eigenvalue weighted by molar-refractivity contribution is 7.95. The molecular weight excluding hydrogens is 213 g/mol. The number of hydrogen-bond acceptors (Lipinski definition) is 1. The van der Waals surface area contributed by atoms with Gasteiger partial charge in [-0.05, 0) is 17.4 Å². The third-order valence-electron chi connectivity index (χ3n) is 1.86. The third kappa shape index (κ3) is 2.12. The molecule has 14 heavy (non-hydrogen) atoms. The van der Waals surface area contributed by atoms with Gasteiger partial charge in [-0.1, -0.05) is 41.6 Å². The lowest BCUT2D eigenvalue weighted by Crippen LogP contribution is -2.07. The molecule has 1 aromatic carbocycles. The van der Waals surface area contributed by atoms with Crippen molar-refractivity contribution in [1.29, 1.82) is 0 Å². The van der Waals surface area contributed by atoms with Crippen LogP contribution in [-0.4, -0.2) is 4.98 Å². The Morgan fingerprint density at radius 3 is 2.29 bits per heavy atom. The second-order valence-corrected chi connectivity index (χ2v) is 5.44. The minimum absolute atomic E-state index is 0.761. The second-order valence-electron chi connectivity index (χ2n) is 2.83. The molecule has 0 aliphatic carbocycles. The predicted octanol–water partition coefficient (Wildman–Crippen LogP) is 2.67. The van der Waals surface area contributed by atoms with Crippen LogP contribution in [0.3, 0.4) is 0 Å². The van der Waals surface area contributed by atoms with Crippen LogP contribution in [0.25, 0.3) is 0 Å². The van der Waals surface area contributed by atoms with Gasteiger partial charge in [-0.3, -0.25) is 4.98 Å². The van der Waals surface area contributed by atoms with Crippen LogP contribution in [0.5, 0.6) is 0 Å². The van der Waals surface area contributed by atoms with E-state index in [1.54, 1.807) is 6.20 Å². The van der Waals surface area contributed by atoms with E-state index in [1.807, 2.05) is 48.7 Å². The van der Waals surface area contributed by atoms with Crippen molar-refractivity contribution in [2.75, 3.05) is 0 Å². The Morgan fingerprint density at radius 1 is 0.929 bits per heavy atom.